The molecule has 0 radical (unpaired) electrons. The van der Waals surface area contributed by atoms with Gasteiger partial charge in [0.25, 0.3) is 0 Å². The summed E-state index contributed by atoms with van der Waals surface area (Å²) < 4.78 is 10.5. The molecular formula is C18H12O6. The van der Waals surface area contributed by atoms with E-state index in [0.717, 1.165) is 11.5 Å². The van der Waals surface area contributed by atoms with Crippen molar-refractivity contribution in [2.75, 3.05) is 0 Å². The number of carbonyl (C=O) groups excluding carboxylic acids is 1. The normalized spacial score (nSPS) is 11.2. The van der Waals surface area contributed by atoms with E-state index in [1.54, 1.807) is 30.3 Å². The zero-order chi connectivity index (χ0) is 17.3. The quantitative estimate of drug-likeness (QED) is 0.344. The maximum atomic E-state index is 12.7. The molecule has 3 aromatic rings. The Morgan fingerprint density at radius 1 is 1.21 bits per heavy atom. The van der Waals surface area contributed by atoms with E-state index in [2.05, 4.69) is 0 Å². The Labute approximate surface area is 135 Å². The summed E-state index contributed by atoms with van der Waals surface area (Å²) in [6.07, 6.45) is 3.27. The third-order valence-electron chi connectivity index (χ3n) is 3.42. The van der Waals surface area contributed by atoms with Crippen LogP contribution >= 0.6 is 0 Å². The first-order valence-corrected chi connectivity index (χ1v) is 7.03. The zero-order valence-electron chi connectivity index (χ0n) is 12.6. The third-order valence-corrected chi connectivity index (χ3v) is 3.42. The molecule has 0 amide bonds. The number of benzene rings is 2. The Balaban J connectivity index is 2.30. The van der Waals surface area contributed by atoms with Crippen molar-refractivity contribution in [2.45, 2.75) is 6.92 Å². The van der Waals surface area contributed by atoms with Gasteiger partial charge in [-0.15, -0.1) is 0 Å². The van der Waals surface area contributed by atoms with Crippen LogP contribution in [-0.4, -0.2) is 17.0 Å². The molecule has 6 heteroatoms. The average molecular weight is 324 g/mol. The highest BCUT2D eigenvalue weighted by molar-refractivity contribution is 6.06. The van der Waals surface area contributed by atoms with E-state index in [1.165, 1.54) is 19.3 Å². The predicted molar refractivity (Wildman–Crippen MR) is 88.0 cm³/mol. The number of aliphatic carboxylic acids is 1. The van der Waals surface area contributed by atoms with E-state index in [-0.39, 0.29) is 11.0 Å². The number of ether oxygens (including phenoxy) is 1. The van der Waals surface area contributed by atoms with Gasteiger partial charge in [0.1, 0.15) is 17.6 Å². The van der Waals surface area contributed by atoms with Crippen molar-refractivity contribution < 1.29 is 23.8 Å². The average Bonchev–Trinajstić information content (AvgIpc) is 2.53. The van der Waals surface area contributed by atoms with Crippen LogP contribution < -0.4 is 10.2 Å². The second-order valence-corrected chi connectivity index (χ2v) is 5.11. The first-order valence-electron chi connectivity index (χ1n) is 7.03. The fraction of sp³-hybridized carbons (Fsp3) is 0.0556. The van der Waals surface area contributed by atoms with Crippen molar-refractivity contribution in [1.82, 2.24) is 0 Å². The van der Waals surface area contributed by atoms with Crippen LogP contribution in [0.25, 0.3) is 27.8 Å². The van der Waals surface area contributed by atoms with Crippen molar-refractivity contribution in [2.24, 2.45) is 0 Å². The molecule has 0 bridgehead atoms. The summed E-state index contributed by atoms with van der Waals surface area (Å²) in [6, 6.07) is 8.39. The van der Waals surface area contributed by atoms with Crippen molar-refractivity contribution in [3.8, 4) is 5.75 Å². The number of carboxylic acids is 1. The number of carboxylic acid groups (broad SMARTS) is 1. The molecule has 0 aliphatic carbocycles. The molecule has 1 heterocycles. The summed E-state index contributed by atoms with van der Waals surface area (Å²) in [5.74, 6) is -1.32. The van der Waals surface area contributed by atoms with Gasteiger partial charge in [-0.1, -0.05) is 12.1 Å². The number of carbonyl (C=O) groups is 2. The fourth-order valence-corrected chi connectivity index (χ4v) is 2.44. The second-order valence-electron chi connectivity index (χ2n) is 5.11. The number of esters is 1. The van der Waals surface area contributed by atoms with E-state index in [9.17, 15) is 14.4 Å². The largest absolute Gasteiger partial charge is 0.478 e. The van der Waals surface area contributed by atoms with Gasteiger partial charge in [0.05, 0.1) is 10.9 Å². The van der Waals surface area contributed by atoms with Gasteiger partial charge in [0.15, 0.2) is 0 Å². The Morgan fingerprint density at radius 2 is 1.96 bits per heavy atom. The molecule has 2 aromatic carbocycles. The standard InChI is InChI=1S/C18H12O6/c1-10(19)24-13-5-2-11-3-6-15-17(14(11)8-13)18(22)12(9-23-15)4-7-16(20)21/h2-9H,1H3,(H,20,21). The van der Waals surface area contributed by atoms with E-state index in [4.69, 9.17) is 14.3 Å². The lowest BCUT2D eigenvalue weighted by Crippen LogP contribution is -2.06. The first kappa shape index (κ1) is 15.5. The molecule has 0 atom stereocenters. The maximum absolute atomic E-state index is 12.7. The summed E-state index contributed by atoms with van der Waals surface area (Å²) in [5, 5.41) is 10.3. The summed E-state index contributed by atoms with van der Waals surface area (Å²) in [6.45, 7) is 1.29. The molecular weight excluding hydrogens is 312 g/mol. The molecule has 24 heavy (non-hydrogen) atoms. The van der Waals surface area contributed by atoms with Gasteiger partial charge in [0.2, 0.25) is 5.43 Å². The minimum atomic E-state index is -1.16. The molecule has 0 aliphatic heterocycles. The smallest absolute Gasteiger partial charge is 0.328 e. The molecule has 0 saturated heterocycles. The highest BCUT2D eigenvalue weighted by atomic mass is 16.5. The Morgan fingerprint density at radius 3 is 2.67 bits per heavy atom. The van der Waals surface area contributed by atoms with Crippen molar-refractivity contribution in [1.29, 1.82) is 0 Å². The molecule has 0 saturated carbocycles. The van der Waals surface area contributed by atoms with Gasteiger partial charge < -0.3 is 14.3 Å². The number of rotatable bonds is 3. The van der Waals surface area contributed by atoms with Crippen LogP contribution in [0.2, 0.25) is 0 Å². The number of fused-ring (bicyclic) bond motifs is 3. The van der Waals surface area contributed by atoms with Crippen LogP contribution in [0.4, 0.5) is 0 Å². The van der Waals surface area contributed by atoms with E-state index >= 15 is 0 Å². The molecule has 0 spiro atoms. The second kappa shape index (κ2) is 6.00. The first-order chi connectivity index (χ1) is 11.5. The van der Waals surface area contributed by atoms with Crippen LogP contribution in [-0.2, 0) is 9.59 Å². The summed E-state index contributed by atoms with van der Waals surface area (Å²) in [7, 11) is 0. The van der Waals surface area contributed by atoms with E-state index < -0.39 is 11.9 Å². The molecule has 0 fully saturated rings. The van der Waals surface area contributed by atoms with Crippen LogP contribution in [0.15, 0.2) is 51.9 Å². The summed E-state index contributed by atoms with van der Waals surface area (Å²) >= 11 is 0. The van der Waals surface area contributed by atoms with Crippen molar-refractivity contribution in [3.63, 3.8) is 0 Å². The highest BCUT2D eigenvalue weighted by Crippen LogP contribution is 2.27. The number of hydrogen-bond donors (Lipinski definition) is 1. The molecule has 0 aliphatic rings. The van der Waals surface area contributed by atoms with Gasteiger partial charge in [0, 0.05) is 18.4 Å². The zero-order valence-corrected chi connectivity index (χ0v) is 12.6. The molecule has 6 nitrogen and oxygen atoms in total. The third kappa shape index (κ3) is 2.89. The minimum absolute atomic E-state index is 0.121. The molecule has 1 N–H and O–H groups in total. The van der Waals surface area contributed by atoms with Crippen LogP contribution in [0.1, 0.15) is 12.5 Å². The van der Waals surface area contributed by atoms with Crippen molar-refractivity contribution >= 4 is 39.8 Å². The van der Waals surface area contributed by atoms with Crippen LogP contribution in [0, 0.1) is 0 Å². The summed E-state index contributed by atoms with van der Waals surface area (Å²) in [5.41, 5.74) is 0.120. The van der Waals surface area contributed by atoms with Gasteiger partial charge in [-0.2, -0.15) is 0 Å². The highest BCUT2D eigenvalue weighted by Gasteiger charge is 2.11. The van der Waals surface area contributed by atoms with Gasteiger partial charge in [-0.3, -0.25) is 9.59 Å². The van der Waals surface area contributed by atoms with Crippen LogP contribution in [0.3, 0.4) is 0 Å². The fourth-order valence-electron chi connectivity index (χ4n) is 2.44. The SMILES string of the molecule is CC(=O)Oc1ccc2ccc3occ(C=CC(=O)O)c(=O)c3c2c1. The predicted octanol–water partition coefficient (Wildman–Crippen LogP) is 2.97. The van der Waals surface area contributed by atoms with E-state index in [1.807, 2.05) is 0 Å². The lowest BCUT2D eigenvalue weighted by Gasteiger charge is -2.06. The molecule has 1 aromatic heterocycles. The molecule has 120 valence electrons. The minimum Gasteiger partial charge on any atom is -0.478 e. The van der Waals surface area contributed by atoms with E-state index in [0.29, 0.717) is 22.1 Å². The van der Waals surface area contributed by atoms with Gasteiger partial charge in [-0.25, -0.2) is 4.79 Å². The van der Waals surface area contributed by atoms with Crippen LogP contribution in [0.5, 0.6) is 5.75 Å². The summed E-state index contributed by atoms with van der Waals surface area (Å²) in [4.78, 5) is 34.4. The molecule has 3 rings (SSSR count). The van der Waals surface area contributed by atoms with Crippen molar-refractivity contribution in [3.05, 3.63) is 58.5 Å². The maximum Gasteiger partial charge on any atom is 0.328 e. The Bertz CT molecular complexity index is 1060. The van der Waals surface area contributed by atoms with Gasteiger partial charge in [-0.05, 0) is 29.7 Å². The monoisotopic (exact) mass is 324 g/mol. The van der Waals surface area contributed by atoms with Gasteiger partial charge >= 0.3 is 11.9 Å². The topological polar surface area (TPSA) is 93.8 Å². The lowest BCUT2D eigenvalue weighted by atomic mass is 10.0. The molecule has 0 unspecified atom stereocenters. The Kier molecular flexibility index (Phi) is 3.87. The Hall–Kier alpha value is -3.41. The number of hydrogen-bond acceptors (Lipinski definition) is 5. The lowest BCUT2D eigenvalue weighted by molar-refractivity contribution is -0.132.